The van der Waals surface area contributed by atoms with Crippen molar-refractivity contribution in [2.75, 3.05) is 19.5 Å². The van der Waals surface area contributed by atoms with E-state index in [4.69, 9.17) is 9.47 Å². The number of nitriles is 1. The molecule has 1 amide bonds. The molecule has 5 nitrogen and oxygen atoms in total. The molecule has 0 aliphatic rings. The summed E-state index contributed by atoms with van der Waals surface area (Å²) in [6.07, 6.45) is 1.49. The summed E-state index contributed by atoms with van der Waals surface area (Å²) in [6.45, 7) is 0. The summed E-state index contributed by atoms with van der Waals surface area (Å²) in [6, 6.07) is 14.4. The van der Waals surface area contributed by atoms with Gasteiger partial charge in [-0.3, -0.25) is 4.79 Å². The molecule has 0 bridgehead atoms. The lowest BCUT2D eigenvalue weighted by Crippen LogP contribution is -2.13. The summed E-state index contributed by atoms with van der Waals surface area (Å²) >= 11 is 2.18. The quantitative estimate of drug-likeness (QED) is 0.441. The summed E-state index contributed by atoms with van der Waals surface area (Å²) in [5.74, 6) is 0.673. The van der Waals surface area contributed by atoms with E-state index in [-0.39, 0.29) is 5.57 Å². The normalized spacial score (nSPS) is 10.7. The van der Waals surface area contributed by atoms with Crippen LogP contribution in [0.1, 0.15) is 5.56 Å². The Labute approximate surface area is 154 Å². The number of rotatable bonds is 5. The Morgan fingerprint density at radius 3 is 2.46 bits per heavy atom. The number of nitrogens with zero attached hydrogens (tertiary/aromatic N) is 1. The van der Waals surface area contributed by atoms with Crippen LogP contribution in [0.25, 0.3) is 6.08 Å². The maximum atomic E-state index is 12.3. The molecule has 122 valence electrons. The fourth-order valence-corrected chi connectivity index (χ4v) is 2.33. The standard InChI is InChI=1S/C18H15IN2O3/c1-23-16-8-3-12(17(10-16)24-2)9-13(11-20)18(22)21-15-6-4-14(19)5-7-15/h3-10H,1-2H3,(H,21,22). The average molecular weight is 434 g/mol. The Balaban J connectivity index is 2.27. The molecule has 0 radical (unpaired) electrons. The Hall–Kier alpha value is -2.53. The molecular weight excluding hydrogens is 419 g/mol. The average Bonchev–Trinajstić information content (AvgIpc) is 2.61. The van der Waals surface area contributed by atoms with E-state index in [1.165, 1.54) is 13.2 Å². The van der Waals surface area contributed by atoms with Crippen molar-refractivity contribution in [2.45, 2.75) is 0 Å². The van der Waals surface area contributed by atoms with E-state index >= 15 is 0 Å². The highest BCUT2D eigenvalue weighted by Gasteiger charge is 2.12. The van der Waals surface area contributed by atoms with Gasteiger partial charge in [0.1, 0.15) is 23.1 Å². The molecule has 0 spiro atoms. The summed E-state index contributed by atoms with van der Waals surface area (Å²) in [5, 5.41) is 12.0. The first-order valence-electron chi connectivity index (χ1n) is 6.98. The van der Waals surface area contributed by atoms with Crippen molar-refractivity contribution in [3.8, 4) is 17.6 Å². The number of anilines is 1. The molecule has 2 aromatic carbocycles. The minimum Gasteiger partial charge on any atom is -0.497 e. The fraction of sp³-hybridized carbons (Fsp3) is 0.111. The van der Waals surface area contributed by atoms with Crippen molar-refractivity contribution in [3.63, 3.8) is 0 Å². The van der Waals surface area contributed by atoms with Crippen LogP contribution >= 0.6 is 22.6 Å². The fourth-order valence-electron chi connectivity index (χ4n) is 1.97. The predicted octanol–water partition coefficient (Wildman–Crippen LogP) is 3.85. The first-order chi connectivity index (χ1) is 11.6. The second kappa shape index (κ2) is 8.36. The lowest BCUT2D eigenvalue weighted by molar-refractivity contribution is -0.112. The van der Waals surface area contributed by atoms with Crippen LogP contribution in [0.2, 0.25) is 0 Å². The van der Waals surface area contributed by atoms with E-state index in [1.807, 2.05) is 18.2 Å². The summed E-state index contributed by atoms with van der Waals surface area (Å²) in [7, 11) is 3.07. The molecule has 0 aliphatic carbocycles. The Bertz CT molecular complexity index is 808. The topological polar surface area (TPSA) is 71.3 Å². The largest absolute Gasteiger partial charge is 0.497 e. The first kappa shape index (κ1) is 17.8. The molecular formula is C18H15IN2O3. The Morgan fingerprint density at radius 1 is 1.17 bits per heavy atom. The van der Waals surface area contributed by atoms with Crippen LogP contribution in [0.4, 0.5) is 5.69 Å². The Morgan fingerprint density at radius 2 is 1.88 bits per heavy atom. The van der Waals surface area contributed by atoms with Crippen molar-refractivity contribution < 1.29 is 14.3 Å². The van der Waals surface area contributed by atoms with E-state index < -0.39 is 5.91 Å². The van der Waals surface area contributed by atoms with Gasteiger partial charge in [-0.1, -0.05) is 0 Å². The maximum Gasteiger partial charge on any atom is 0.266 e. The molecule has 0 saturated carbocycles. The van der Waals surface area contributed by atoms with E-state index in [9.17, 15) is 10.1 Å². The van der Waals surface area contributed by atoms with Crippen LogP contribution in [0.5, 0.6) is 11.5 Å². The van der Waals surface area contributed by atoms with Crippen molar-refractivity contribution in [3.05, 3.63) is 57.2 Å². The molecule has 2 aromatic rings. The third-order valence-electron chi connectivity index (χ3n) is 3.21. The molecule has 1 N–H and O–H groups in total. The smallest absolute Gasteiger partial charge is 0.266 e. The number of halogens is 1. The number of amides is 1. The summed E-state index contributed by atoms with van der Waals surface area (Å²) in [4.78, 5) is 12.3. The number of ether oxygens (including phenoxy) is 2. The lowest BCUT2D eigenvalue weighted by Gasteiger charge is -2.08. The van der Waals surface area contributed by atoms with Crippen LogP contribution in [-0.4, -0.2) is 20.1 Å². The van der Waals surface area contributed by atoms with Gasteiger partial charge in [-0.05, 0) is 65.1 Å². The number of benzene rings is 2. The molecule has 6 heteroatoms. The number of hydrogen-bond acceptors (Lipinski definition) is 4. The number of carbonyl (C=O) groups excluding carboxylic acids is 1. The van der Waals surface area contributed by atoms with Crippen molar-refractivity contribution >= 4 is 40.3 Å². The summed E-state index contributed by atoms with van der Waals surface area (Å²) < 4.78 is 11.5. The lowest BCUT2D eigenvalue weighted by atomic mass is 10.1. The van der Waals surface area contributed by atoms with Crippen LogP contribution in [-0.2, 0) is 4.79 Å². The van der Waals surface area contributed by atoms with Crippen LogP contribution in [0, 0.1) is 14.9 Å². The van der Waals surface area contributed by atoms with E-state index in [0.717, 1.165) is 3.57 Å². The van der Waals surface area contributed by atoms with Crippen LogP contribution in [0.15, 0.2) is 48.0 Å². The maximum absolute atomic E-state index is 12.3. The molecule has 0 saturated heterocycles. The molecule has 0 fully saturated rings. The third-order valence-corrected chi connectivity index (χ3v) is 3.93. The molecule has 0 atom stereocenters. The van der Waals surface area contributed by atoms with Gasteiger partial charge in [-0.2, -0.15) is 5.26 Å². The van der Waals surface area contributed by atoms with Gasteiger partial charge in [0.25, 0.3) is 5.91 Å². The molecule has 0 heterocycles. The monoisotopic (exact) mass is 434 g/mol. The first-order valence-corrected chi connectivity index (χ1v) is 8.06. The zero-order valence-electron chi connectivity index (χ0n) is 13.2. The highest BCUT2D eigenvalue weighted by molar-refractivity contribution is 14.1. The van der Waals surface area contributed by atoms with E-state index in [2.05, 4.69) is 27.9 Å². The molecule has 24 heavy (non-hydrogen) atoms. The molecule has 2 rings (SSSR count). The Kier molecular flexibility index (Phi) is 6.21. The van der Waals surface area contributed by atoms with Gasteiger partial charge in [0.2, 0.25) is 0 Å². The SMILES string of the molecule is COc1ccc(C=C(C#N)C(=O)Nc2ccc(I)cc2)c(OC)c1. The van der Waals surface area contributed by atoms with Crippen molar-refractivity contribution in [1.29, 1.82) is 5.26 Å². The number of hydrogen-bond donors (Lipinski definition) is 1. The molecule has 0 aromatic heterocycles. The second-order valence-electron chi connectivity index (χ2n) is 4.74. The van der Waals surface area contributed by atoms with Gasteiger partial charge in [0.15, 0.2) is 0 Å². The van der Waals surface area contributed by atoms with Gasteiger partial charge in [0, 0.05) is 20.9 Å². The minimum atomic E-state index is -0.475. The number of methoxy groups -OCH3 is 2. The molecule has 0 aliphatic heterocycles. The van der Waals surface area contributed by atoms with Crippen LogP contribution in [0.3, 0.4) is 0 Å². The summed E-state index contributed by atoms with van der Waals surface area (Å²) in [5.41, 5.74) is 1.23. The van der Waals surface area contributed by atoms with E-state index in [1.54, 1.807) is 37.4 Å². The highest BCUT2D eigenvalue weighted by atomic mass is 127. The van der Waals surface area contributed by atoms with E-state index in [0.29, 0.717) is 22.7 Å². The predicted molar refractivity (Wildman–Crippen MR) is 101 cm³/mol. The third kappa shape index (κ3) is 4.49. The number of nitrogens with one attached hydrogen (secondary N) is 1. The zero-order chi connectivity index (χ0) is 17.5. The second-order valence-corrected chi connectivity index (χ2v) is 5.98. The van der Waals surface area contributed by atoms with Crippen molar-refractivity contribution in [1.82, 2.24) is 0 Å². The van der Waals surface area contributed by atoms with Gasteiger partial charge < -0.3 is 14.8 Å². The van der Waals surface area contributed by atoms with Gasteiger partial charge >= 0.3 is 0 Å². The van der Waals surface area contributed by atoms with Gasteiger partial charge in [0.05, 0.1) is 14.2 Å². The van der Waals surface area contributed by atoms with Gasteiger partial charge in [-0.25, -0.2) is 0 Å². The van der Waals surface area contributed by atoms with Gasteiger partial charge in [-0.15, -0.1) is 0 Å². The minimum absolute atomic E-state index is 0.0167. The van der Waals surface area contributed by atoms with Crippen LogP contribution < -0.4 is 14.8 Å². The zero-order valence-corrected chi connectivity index (χ0v) is 15.3. The van der Waals surface area contributed by atoms with Crippen molar-refractivity contribution in [2.24, 2.45) is 0 Å². The highest BCUT2D eigenvalue weighted by Crippen LogP contribution is 2.26. The number of carbonyl (C=O) groups is 1. The molecule has 0 unspecified atom stereocenters.